The van der Waals surface area contributed by atoms with Gasteiger partial charge < -0.3 is 31.4 Å². The van der Waals surface area contributed by atoms with Crippen LogP contribution in [0.1, 0.15) is 101 Å². The van der Waals surface area contributed by atoms with Crippen molar-refractivity contribution in [1.29, 1.82) is 0 Å². The molecule has 6 N–H and O–H groups in total. The Morgan fingerprint density at radius 1 is 0.921 bits per heavy atom. The molecule has 216 valence electrons. The predicted molar refractivity (Wildman–Crippen MR) is 150 cm³/mol. The van der Waals surface area contributed by atoms with Gasteiger partial charge in [-0.25, -0.2) is 9.59 Å². The number of hydrogen-bond donors (Lipinski definition) is 4. The Balaban J connectivity index is 0.00000103. The van der Waals surface area contributed by atoms with Gasteiger partial charge in [0.05, 0.1) is 19.3 Å². The Hall–Kier alpha value is -3.30. The topological polar surface area (TPSA) is 166 Å². The normalized spacial score (nSPS) is 10.9. The van der Waals surface area contributed by atoms with Gasteiger partial charge in [0.1, 0.15) is 11.8 Å². The number of esters is 2. The number of hydrogen-bond acceptors (Lipinski definition) is 7. The van der Waals surface area contributed by atoms with Crippen LogP contribution in [0.25, 0.3) is 0 Å². The van der Waals surface area contributed by atoms with Gasteiger partial charge in [0, 0.05) is 13.0 Å². The second kappa shape index (κ2) is 22.9. The summed E-state index contributed by atoms with van der Waals surface area (Å²) < 4.78 is 9.50. The highest BCUT2D eigenvalue weighted by molar-refractivity contribution is 5.89. The van der Waals surface area contributed by atoms with Crippen molar-refractivity contribution in [1.82, 2.24) is 5.32 Å². The molecule has 1 aromatic rings. The summed E-state index contributed by atoms with van der Waals surface area (Å²) in [6, 6.07) is 5.24. The van der Waals surface area contributed by atoms with Crippen LogP contribution in [0.3, 0.4) is 0 Å². The van der Waals surface area contributed by atoms with E-state index in [9.17, 15) is 14.4 Å². The molecule has 0 aliphatic rings. The maximum absolute atomic E-state index is 12.1. The summed E-state index contributed by atoms with van der Waals surface area (Å²) in [5, 5.41) is 11.6. The van der Waals surface area contributed by atoms with Crippen molar-refractivity contribution in [3.05, 3.63) is 29.8 Å². The number of nitrogens with zero attached hydrogens (tertiary/aromatic N) is 1. The summed E-state index contributed by atoms with van der Waals surface area (Å²) >= 11 is 0. The maximum Gasteiger partial charge on any atom is 0.337 e. The van der Waals surface area contributed by atoms with Crippen molar-refractivity contribution in [3.63, 3.8) is 0 Å². The fraction of sp³-hybridized carbons (Fsp3) is 0.643. The van der Waals surface area contributed by atoms with Gasteiger partial charge >= 0.3 is 11.9 Å². The van der Waals surface area contributed by atoms with E-state index in [4.69, 9.17) is 21.3 Å². The standard InChI is InChI=1S/C20H40N4O3.C8H8O3/c1-3-5-6-7-8-9-10-11-12-15-18(25)24-17(19(26)27-4-2)14-13-16-23-20(21)22;1-11-8(10)6-2-4-7(9)5-3-6/h17H,3-16H2,1-2H3,(H,24,25)(H4,21,22,23);2-5,9H,1H3/t17-;/m0./s1. The molecule has 1 aromatic carbocycles. The first kappa shape index (κ1) is 34.7. The van der Waals surface area contributed by atoms with Crippen molar-refractivity contribution in [3.8, 4) is 5.75 Å². The van der Waals surface area contributed by atoms with E-state index in [2.05, 4.69) is 22.0 Å². The number of amides is 1. The van der Waals surface area contributed by atoms with E-state index < -0.39 is 18.0 Å². The zero-order chi connectivity index (χ0) is 28.6. The molecule has 38 heavy (non-hydrogen) atoms. The number of carbonyl (C=O) groups excluding carboxylic acids is 3. The lowest BCUT2D eigenvalue weighted by Crippen LogP contribution is -2.42. The molecule has 0 aliphatic heterocycles. The summed E-state index contributed by atoms with van der Waals surface area (Å²) in [6.45, 7) is 4.68. The molecule has 10 heteroatoms. The highest BCUT2D eigenvalue weighted by Crippen LogP contribution is 2.11. The summed E-state index contributed by atoms with van der Waals surface area (Å²) in [5.74, 6) is -0.736. The zero-order valence-corrected chi connectivity index (χ0v) is 23.4. The lowest BCUT2D eigenvalue weighted by atomic mass is 10.1. The molecule has 0 spiro atoms. The highest BCUT2D eigenvalue weighted by atomic mass is 16.5. The fourth-order valence-electron chi connectivity index (χ4n) is 3.57. The van der Waals surface area contributed by atoms with Crippen LogP contribution >= 0.6 is 0 Å². The first-order chi connectivity index (χ1) is 18.2. The SMILES string of the molecule is CCCCCCCCCCCC(=O)N[C@@H](CCCN=C(N)N)C(=O)OCC.COC(=O)c1ccc(O)cc1. The number of nitrogens with two attached hydrogens (primary N) is 2. The van der Waals surface area contributed by atoms with Gasteiger partial charge in [-0.1, -0.05) is 58.3 Å². The summed E-state index contributed by atoms with van der Waals surface area (Å²) in [6.07, 6.45) is 12.3. The van der Waals surface area contributed by atoms with E-state index in [1.807, 2.05) is 0 Å². The Morgan fingerprint density at radius 3 is 2.03 bits per heavy atom. The van der Waals surface area contributed by atoms with Crippen molar-refractivity contribution in [2.24, 2.45) is 16.5 Å². The van der Waals surface area contributed by atoms with Crippen LogP contribution in [0.2, 0.25) is 0 Å². The first-order valence-corrected chi connectivity index (χ1v) is 13.6. The number of carbonyl (C=O) groups is 3. The van der Waals surface area contributed by atoms with Crippen molar-refractivity contribution >= 4 is 23.8 Å². The Morgan fingerprint density at radius 2 is 1.50 bits per heavy atom. The number of unbranched alkanes of at least 4 members (excludes halogenated alkanes) is 8. The number of phenolic OH excluding ortho intramolecular Hbond substituents is 1. The zero-order valence-electron chi connectivity index (χ0n) is 23.4. The maximum atomic E-state index is 12.1. The molecule has 1 amide bonds. The minimum Gasteiger partial charge on any atom is -0.508 e. The highest BCUT2D eigenvalue weighted by Gasteiger charge is 2.21. The van der Waals surface area contributed by atoms with Crippen LogP contribution in [0.4, 0.5) is 0 Å². The number of nitrogens with one attached hydrogen (secondary N) is 1. The Bertz CT molecular complexity index is 810. The molecule has 0 aromatic heterocycles. The molecule has 0 fully saturated rings. The summed E-state index contributed by atoms with van der Waals surface area (Å²) in [7, 11) is 1.31. The number of ether oxygens (including phenoxy) is 2. The average Bonchev–Trinajstić information content (AvgIpc) is 2.89. The second-order valence-electron chi connectivity index (χ2n) is 8.94. The number of methoxy groups -OCH3 is 1. The van der Waals surface area contributed by atoms with E-state index in [-0.39, 0.29) is 24.2 Å². The van der Waals surface area contributed by atoms with Crippen molar-refractivity contribution in [2.75, 3.05) is 20.3 Å². The quantitative estimate of drug-likeness (QED) is 0.0938. The van der Waals surface area contributed by atoms with Crippen LogP contribution in [0.15, 0.2) is 29.3 Å². The van der Waals surface area contributed by atoms with Crippen LogP contribution in [-0.2, 0) is 19.1 Å². The number of phenols is 1. The van der Waals surface area contributed by atoms with Gasteiger partial charge in [-0.05, 0) is 50.5 Å². The molecule has 0 unspecified atom stereocenters. The molecule has 0 bridgehead atoms. The van der Waals surface area contributed by atoms with Crippen molar-refractivity contribution in [2.45, 2.75) is 96.9 Å². The molecular formula is C28H48N4O6. The van der Waals surface area contributed by atoms with Crippen LogP contribution < -0.4 is 16.8 Å². The van der Waals surface area contributed by atoms with Gasteiger partial charge in [0.25, 0.3) is 0 Å². The minimum absolute atomic E-state index is 0.0251. The lowest BCUT2D eigenvalue weighted by Gasteiger charge is -2.17. The molecule has 1 atom stereocenters. The Labute approximate surface area is 227 Å². The van der Waals surface area contributed by atoms with Crippen molar-refractivity contribution < 1.29 is 29.0 Å². The molecule has 0 heterocycles. The summed E-state index contributed by atoms with van der Waals surface area (Å²) in [5.41, 5.74) is 11.0. The number of aromatic hydroxyl groups is 1. The lowest BCUT2D eigenvalue weighted by molar-refractivity contribution is -0.147. The monoisotopic (exact) mass is 536 g/mol. The van der Waals surface area contributed by atoms with Gasteiger partial charge in [-0.3, -0.25) is 9.79 Å². The van der Waals surface area contributed by atoms with E-state index in [0.717, 1.165) is 12.8 Å². The van der Waals surface area contributed by atoms with Gasteiger partial charge in [-0.15, -0.1) is 0 Å². The average molecular weight is 537 g/mol. The van der Waals surface area contributed by atoms with Crippen LogP contribution in [0, 0.1) is 0 Å². The molecule has 0 saturated heterocycles. The number of aliphatic imine (C=N–C) groups is 1. The van der Waals surface area contributed by atoms with Gasteiger partial charge in [0.2, 0.25) is 5.91 Å². The van der Waals surface area contributed by atoms with Crippen LogP contribution in [-0.4, -0.2) is 55.2 Å². The third-order valence-corrected chi connectivity index (χ3v) is 5.65. The molecule has 1 rings (SSSR count). The number of guanidine groups is 1. The third-order valence-electron chi connectivity index (χ3n) is 5.65. The van der Waals surface area contributed by atoms with E-state index in [1.165, 1.54) is 76.3 Å². The first-order valence-electron chi connectivity index (χ1n) is 13.6. The predicted octanol–water partition coefficient (Wildman–Crippen LogP) is 4.19. The molecular weight excluding hydrogens is 488 g/mol. The van der Waals surface area contributed by atoms with E-state index in [0.29, 0.717) is 31.4 Å². The number of rotatable bonds is 18. The van der Waals surface area contributed by atoms with Crippen LogP contribution in [0.5, 0.6) is 5.75 Å². The van der Waals surface area contributed by atoms with E-state index in [1.54, 1.807) is 6.92 Å². The fourth-order valence-corrected chi connectivity index (χ4v) is 3.57. The Kier molecular flexibility index (Phi) is 20.9. The van der Waals surface area contributed by atoms with Gasteiger partial charge in [-0.2, -0.15) is 0 Å². The van der Waals surface area contributed by atoms with Gasteiger partial charge in [0.15, 0.2) is 5.96 Å². The third kappa shape index (κ3) is 18.9. The molecule has 0 radical (unpaired) electrons. The second-order valence-corrected chi connectivity index (χ2v) is 8.94. The largest absolute Gasteiger partial charge is 0.508 e. The summed E-state index contributed by atoms with van der Waals surface area (Å²) in [4.78, 5) is 38.8. The molecule has 0 saturated carbocycles. The number of benzene rings is 1. The molecule has 10 nitrogen and oxygen atoms in total. The smallest absolute Gasteiger partial charge is 0.337 e. The van der Waals surface area contributed by atoms with E-state index >= 15 is 0 Å². The minimum atomic E-state index is -0.634. The molecule has 0 aliphatic carbocycles.